The van der Waals surface area contributed by atoms with Gasteiger partial charge in [0.05, 0.1) is 25.2 Å². The van der Waals surface area contributed by atoms with Crippen LogP contribution in [0.5, 0.6) is 0 Å². The number of hydrogen-bond donors (Lipinski definition) is 0. The number of rotatable bonds is 7. The Morgan fingerprint density at radius 2 is 2.21 bits per heavy atom. The molecule has 1 fully saturated rings. The minimum Gasteiger partial charge on any atom is -0.372 e. The van der Waals surface area contributed by atoms with Crippen molar-refractivity contribution in [3.63, 3.8) is 0 Å². The topological polar surface area (TPSA) is 42.4 Å². The van der Waals surface area contributed by atoms with Crippen molar-refractivity contribution >= 4 is 17.2 Å². The smallest absolute Gasteiger partial charge is 0.227 e. The van der Waals surface area contributed by atoms with Crippen molar-refractivity contribution in [2.24, 2.45) is 0 Å². The number of likely N-dealkylation sites (tertiary alicyclic amines) is 1. The first kappa shape index (κ1) is 16.9. The van der Waals surface area contributed by atoms with E-state index in [-0.39, 0.29) is 18.1 Å². The highest BCUT2D eigenvalue weighted by molar-refractivity contribution is 7.08. The maximum Gasteiger partial charge on any atom is 0.227 e. The third-order valence-electron chi connectivity index (χ3n) is 4.36. The predicted octanol–water partition coefficient (Wildman–Crippen LogP) is 3.10. The number of aromatic nitrogens is 1. The largest absolute Gasteiger partial charge is 0.372 e. The van der Waals surface area contributed by atoms with Gasteiger partial charge in [-0.25, -0.2) is 0 Å². The molecule has 1 aliphatic rings. The molecule has 0 spiro atoms. The van der Waals surface area contributed by atoms with E-state index in [0.717, 1.165) is 24.9 Å². The molecule has 2 aromatic heterocycles. The number of nitrogens with zero attached hydrogens (tertiary/aromatic N) is 2. The summed E-state index contributed by atoms with van der Waals surface area (Å²) in [7, 11) is 0. The summed E-state index contributed by atoms with van der Waals surface area (Å²) in [4.78, 5) is 18.8. The second-order valence-electron chi connectivity index (χ2n) is 5.97. The van der Waals surface area contributed by atoms with Crippen LogP contribution in [0.2, 0.25) is 0 Å². The molecule has 126 valence electrons. The summed E-state index contributed by atoms with van der Waals surface area (Å²) in [6, 6.07) is 6.09. The van der Waals surface area contributed by atoms with Crippen LogP contribution in [-0.4, -0.2) is 41.1 Å². The van der Waals surface area contributed by atoms with E-state index in [1.54, 1.807) is 29.8 Å². The Hall–Kier alpha value is -1.98. The Morgan fingerprint density at radius 1 is 1.38 bits per heavy atom. The fourth-order valence-electron chi connectivity index (χ4n) is 3.19. The molecule has 0 aromatic carbocycles. The molecule has 3 heterocycles. The number of carbonyl (C=O) groups excluding carboxylic acids is 1. The molecule has 0 saturated carbocycles. The molecular weight excluding hydrogens is 320 g/mol. The number of hydrogen-bond acceptors (Lipinski definition) is 4. The van der Waals surface area contributed by atoms with Gasteiger partial charge in [-0.1, -0.05) is 6.08 Å². The Balaban J connectivity index is 1.73. The molecular formula is C19H22N2O2S. The van der Waals surface area contributed by atoms with Crippen LogP contribution in [0.15, 0.2) is 54.0 Å². The lowest BCUT2D eigenvalue weighted by Gasteiger charge is -2.28. The number of carbonyl (C=O) groups is 1. The van der Waals surface area contributed by atoms with Crippen LogP contribution in [0.4, 0.5) is 0 Å². The highest BCUT2D eigenvalue weighted by Gasteiger charge is 2.37. The van der Waals surface area contributed by atoms with Gasteiger partial charge in [0.1, 0.15) is 0 Å². The molecule has 1 amide bonds. The molecule has 1 saturated heterocycles. The Morgan fingerprint density at radius 3 is 2.92 bits per heavy atom. The Labute approximate surface area is 146 Å². The van der Waals surface area contributed by atoms with Crippen molar-refractivity contribution < 1.29 is 9.53 Å². The second-order valence-corrected chi connectivity index (χ2v) is 6.75. The van der Waals surface area contributed by atoms with E-state index in [0.29, 0.717) is 13.0 Å². The summed E-state index contributed by atoms with van der Waals surface area (Å²) in [6.07, 6.45) is 7.54. The molecule has 0 aliphatic carbocycles. The zero-order valence-corrected chi connectivity index (χ0v) is 14.5. The van der Waals surface area contributed by atoms with E-state index >= 15 is 0 Å². The molecule has 0 radical (unpaired) electrons. The van der Waals surface area contributed by atoms with Gasteiger partial charge in [0.25, 0.3) is 0 Å². The van der Waals surface area contributed by atoms with Gasteiger partial charge in [0.15, 0.2) is 0 Å². The molecule has 24 heavy (non-hydrogen) atoms. The summed E-state index contributed by atoms with van der Waals surface area (Å²) in [6.45, 7) is 4.99. The number of ether oxygens (including phenoxy) is 1. The summed E-state index contributed by atoms with van der Waals surface area (Å²) < 4.78 is 5.93. The fourth-order valence-corrected chi connectivity index (χ4v) is 3.86. The van der Waals surface area contributed by atoms with Crippen molar-refractivity contribution in [3.8, 4) is 0 Å². The SMILES string of the molecule is C=CCO[C@@H]1CCN(C(=O)Cc2ccsc2)[C@H]1Cc1ccncc1. The zero-order valence-electron chi connectivity index (χ0n) is 13.6. The highest BCUT2D eigenvalue weighted by atomic mass is 32.1. The summed E-state index contributed by atoms with van der Waals surface area (Å²) >= 11 is 1.63. The third kappa shape index (κ3) is 4.10. The van der Waals surface area contributed by atoms with Crippen molar-refractivity contribution in [2.75, 3.05) is 13.2 Å². The van der Waals surface area contributed by atoms with Crippen molar-refractivity contribution in [1.29, 1.82) is 0 Å². The van der Waals surface area contributed by atoms with E-state index in [1.807, 2.05) is 33.9 Å². The maximum atomic E-state index is 12.8. The van der Waals surface area contributed by atoms with Crippen LogP contribution in [0.25, 0.3) is 0 Å². The summed E-state index contributed by atoms with van der Waals surface area (Å²) in [5, 5.41) is 4.05. The van der Waals surface area contributed by atoms with Crippen LogP contribution in [0.3, 0.4) is 0 Å². The van der Waals surface area contributed by atoms with Gasteiger partial charge in [-0.15, -0.1) is 6.58 Å². The standard InChI is InChI=1S/C19H22N2O2S/c1-2-10-23-18-5-9-21(19(22)13-16-6-11-24-14-16)17(18)12-15-3-7-20-8-4-15/h2-4,6-8,11,14,17-18H,1,5,9-10,12-13H2/t17-,18+/m0/s1. The van der Waals surface area contributed by atoms with Gasteiger partial charge in [0, 0.05) is 18.9 Å². The average molecular weight is 342 g/mol. The van der Waals surface area contributed by atoms with Gasteiger partial charge in [-0.05, 0) is 52.9 Å². The molecule has 4 nitrogen and oxygen atoms in total. The molecule has 5 heteroatoms. The van der Waals surface area contributed by atoms with Crippen molar-refractivity contribution in [2.45, 2.75) is 31.4 Å². The zero-order chi connectivity index (χ0) is 16.8. The monoisotopic (exact) mass is 342 g/mol. The third-order valence-corrected chi connectivity index (χ3v) is 5.09. The summed E-state index contributed by atoms with van der Waals surface area (Å²) in [5.41, 5.74) is 2.26. The van der Waals surface area contributed by atoms with Crippen LogP contribution < -0.4 is 0 Å². The lowest BCUT2D eigenvalue weighted by molar-refractivity contribution is -0.132. The molecule has 0 bridgehead atoms. The first-order valence-electron chi connectivity index (χ1n) is 8.20. The van der Waals surface area contributed by atoms with E-state index in [1.165, 1.54) is 5.56 Å². The van der Waals surface area contributed by atoms with E-state index in [9.17, 15) is 4.79 Å². The fraction of sp³-hybridized carbons (Fsp3) is 0.368. The highest BCUT2D eigenvalue weighted by Crippen LogP contribution is 2.25. The molecule has 2 atom stereocenters. The van der Waals surface area contributed by atoms with Crippen LogP contribution in [0.1, 0.15) is 17.5 Å². The van der Waals surface area contributed by atoms with Gasteiger partial charge in [0.2, 0.25) is 5.91 Å². The van der Waals surface area contributed by atoms with E-state index in [2.05, 4.69) is 11.6 Å². The van der Waals surface area contributed by atoms with Gasteiger partial charge in [-0.2, -0.15) is 11.3 Å². The Kier molecular flexibility index (Phi) is 5.77. The number of pyridine rings is 1. The van der Waals surface area contributed by atoms with Crippen LogP contribution >= 0.6 is 11.3 Å². The van der Waals surface area contributed by atoms with Crippen molar-refractivity contribution in [1.82, 2.24) is 9.88 Å². The quantitative estimate of drug-likeness (QED) is 0.726. The maximum absolute atomic E-state index is 12.8. The number of amides is 1. The van der Waals surface area contributed by atoms with E-state index in [4.69, 9.17) is 4.74 Å². The average Bonchev–Trinajstić information content (AvgIpc) is 3.24. The first-order chi connectivity index (χ1) is 11.8. The minimum absolute atomic E-state index is 0.0580. The van der Waals surface area contributed by atoms with Crippen LogP contribution in [-0.2, 0) is 22.4 Å². The van der Waals surface area contributed by atoms with Gasteiger partial charge < -0.3 is 9.64 Å². The van der Waals surface area contributed by atoms with E-state index < -0.39 is 0 Å². The van der Waals surface area contributed by atoms with Gasteiger partial charge >= 0.3 is 0 Å². The summed E-state index contributed by atoms with van der Waals surface area (Å²) in [5.74, 6) is 0.178. The van der Waals surface area contributed by atoms with Crippen molar-refractivity contribution in [3.05, 3.63) is 65.1 Å². The second kappa shape index (κ2) is 8.22. The predicted molar refractivity (Wildman–Crippen MR) is 96.0 cm³/mol. The van der Waals surface area contributed by atoms with Crippen LogP contribution in [0, 0.1) is 0 Å². The lowest BCUT2D eigenvalue weighted by atomic mass is 10.0. The first-order valence-corrected chi connectivity index (χ1v) is 9.14. The molecule has 0 N–H and O–H groups in total. The van der Waals surface area contributed by atoms with Gasteiger partial charge in [-0.3, -0.25) is 9.78 Å². The Bertz CT molecular complexity index is 657. The minimum atomic E-state index is 0.0580. The molecule has 0 unspecified atom stereocenters. The molecule has 3 rings (SSSR count). The molecule has 2 aromatic rings. The normalized spacial score (nSPS) is 20.2. The number of thiophene rings is 1. The molecule has 1 aliphatic heterocycles. The lowest BCUT2D eigenvalue weighted by Crippen LogP contribution is -2.42.